The molecule has 0 N–H and O–H groups in total. The van der Waals surface area contributed by atoms with Crippen molar-refractivity contribution in [2.75, 3.05) is 6.61 Å². The number of hydrogen-bond donors (Lipinski definition) is 0. The summed E-state index contributed by atoms with van der Waals surface area (Å²) in [7, 11) is 0. The number of aldehydes is 1. The second-order valence-electron chi connectivity index (χ2n) is 5.58. The SMILES string of the molecule is O=CCOC12CC3CC(CC(C3)C1)C2. The van der Waals surface area contributed by atoms with Gasteiger partial charge in [0.1, 0.15) is 12.9 Å². The summed E-state index contributed by atoms with van der Waals surface area (Å²) >= 11 is 0. The van der Waals surface area contributed by atoms with Gasteiger partial charge in [-0.15, -0.1) is 0 Å². The minimum absolute atomic E-state index is 0.121. The molecule has 78 valence electrons. The van der Waals surface area contributed by atoms with Crippen LogP contribution in [-0.4, -0.2) is 18.5 Å². The van der Waals surface area contributed by atoms with Crippen LogP contribution in [0.15, 0.2) is 0 Å². The van der Waals surface area contributed by atoms with Gasteiger partial charge in [0.25, 0.3) is 0 Å². The maximum absolute atomic E-state index is 10.4. The Bertz CT molecular complexity index is 211. The van der Waals surface area contributed by atoms with E-state index in [9.17, 15) is 4.79 Å². The first kappa shape index (κ1) is 8.90. The van der Waals surface area contributed by atoms with Gasteiger partial charge in [0.05, 0.1) is 5.60 Å². The largest absolute Gasteiger partial charge is 0.368 e. The first-order valence-electron chi connectivity index (χ1n) is 5.87. The molecule has 4 aliphatic carbocycles. The highest BCUT2D eigenvalue weighted by Gasteiger charge is 2.51. The van der Waals surface area contributed by atoms with E-state index in [0.29, 0.717) is 6.61 Å². The molecule has 0 aromatic heterocycles. The van der Waals surface area contributed by atoms with Gasteiger partial charge in [-0.05, 0) is 56.3 Å². The molecule has 14 heavy (non-hydrogen) atoms. The fourth-order valence-corrected chi connectivity index (χ4v) is 4.42. The maximum Gasteiger partial charge on any atom is 0.145 e. The third-order valence-corrected chi connectivity index (χ3v) is 4.44. The van der Waals surface area contributed by atoms with Crippen molar-refractivity contribution < 1.29 is 9.53 Å². The summed E-state index contributed by atoms with van der Waals surface area (Å²) in [6, 6.07) is 0. The van der Waals surface area contributed by atoms with Crippen LogP contribution in [0.2, 0.25) is 0 Å². The van der Waals surface area contributed by atoms with E-state index in [1.165, 1.54) is 38.5 Å². The van der Waals surface area contributed by atoms with Crippen LogP contribution in [0.25, 0.3) is 0 Å². The molecule has 0 aromatic carbocycles. The summed E-state index contributed by atoms with van der Waals surface area (Å²) in [5, 5.41) is 0. The number of ether oxygens (including phenoxy) is 1. The summed E-state index contributed by atoms with van der Waals surface area (Å²) in [5.41, 5.74) is 0.121. The van der Waals surface area contributed by atoms with Crippen molar-refractivity contribution in [2.45, 2.75) is 44.1 Å². The van der Waals surface area contributed by atoms with Crippen molar-refractivity contribution in [3.8, 4) is 0 Å². The van der Waals surface area contributed by atoms with Crippen molar-refractivity contribution in [2.24, 2.45) is 17.8 Å². The fourth-order valence-electron chi connectivity index (χ4n) is 4.42. The van der Waals surface area contributed by atoms with E-state index >= 15 is 0 Å². The molecule has 4 fully saturated rings. The van der Waals surface area contributed by atoms with Crippen molar-refractivity contribution in [1.82, 2.24) is 0 Å². The van der Waals surface area contributed by atoms with E-state index in [4.69, 9.17) is 4.74 Å². The molecule has 4 rings (SSSR count). The average molecular weight is 194 g/mol. The molecule has 0 heterocycles. The molecule has 0 amide bonds. The Morgan fingerprint density at radius 1 is 1.07 bits per heavy atom. The first-order chi connectivity index (χ1) is 6.80. The van der Waals surface area contributed by atoms with Gasteiger partial charge in [-0.3, -0.25) is 0 Å². The number of carbonyl (C=O) groups is 1. The summed E-state index contributed by atoms with van der Waals surface area (Å²) < 4.78 is 5.82. The average Bonchev–Trinajstić information content (AvgIpc) is 2.12. The first-order valence-corrected chi connectivity index (χ1v) is 5.87. The molecule has 2 heteroatoms. The Labute approximate surface area is 85.0 Å². The third kappa shape index (κ3) is 1.31. The van der Waals surface area contributed by atoms with Crippen LogP contribution in [0.5, 0.6) is 0 Å². The van der Waals surface area contributed by atoms with Crippen molar-refractivity contribution in [3.63, 3.8) is 0 Å². The van der Waals surface area contributed by atoms with Crippen LogP contribution in [0.1, 0.15) is 38.5 Å². The molecule has 4 saturated carbocycles. The number of carbonyl (C=O) groups excluding carboxylic acids is 1. The summed E-state index contributed by atoms with van der Waals surface area (Å²) in [4.78, 5) is 10.4. The van der Waals surface area contributed by atoms with Crippen LogP contribution in [0, 0.1) is 17.8 Å². The highest BCUT2D eigenvalue weighted by atomic mass is 16.5. The van der Waals surface area contributed by atoms with E-state index in [1.54, 1.807) is 0 Å². The normalized spacial score (nSPS) is 49.6. The second kappa shape index (κ2) is 3.06. The predicted octanol–water partition coefficient (Wildman–Crippen LogP) is 2.17. The topological polar surface area (TPSA) is 26.3 Å². The summed E-state index contributed by atoms with van der Waals surface area (Å²) in [6.45, 7) is 0.312. The Kier molecular flexibility index (Phi) is 1.94. The molecule has 4 aliphatic rings. The minimum Gasteiger partial charge on any atom is -0.368 e. The van der Waals surface area contributed by atoms with Crippen LogP contribution in [-0.2, 0) is 9.53 Å². The van der Waals surface area contributed by atoms with Gasteiger partial charge in [0.2, 0.25) is 0 Å². The van der Waals surface area contributed by atoms with E-state index in [1.807, 2.05) is 0 Å². The van der Waals surface area contributed by atoms with E-state index in [2.05, 4.69) is 0 Å². The lowest BCUT2D eigenvalue weighted by Crippen LogP contribution is -2.52. The van der Waals surface area contributed by atoms with Gasteiger partial charge >= 0.3 is 0 Å². The molecule has 0 aromatic rings. The van der Waals surface area contributed by atoms with Gasteiger partial charge in [-0.2, -0.15) is 0 Å². The van der Waals surface area contributed by atoms with E-state index in [0.717, 1.165) is 24.0 Å². The van der Waals surface area contributed by atoms with E-state index < -0.39 is 0 Å². The van der Waals surface area contributed by atoms with Crippen LogP contribution in [0.3, 0.4) is 0 Å². The van der Waals surface area contributed by atoms with Crippen molar-refractivity contribution in [3.05, 3.63) is 0 Å². The van der Waals surface area contributed by atoms with Crippen LogP contribution < -0.4 is 0 Å². The molecule has 0 atom stereocenters. The van der Waals surface area contributed by atoms with Gasteiger partial charge in [-0.1, -0.05) is 0 Å². The Morgan fingerprint density at radius 2 is 1.57 bits per heavy atom. The highest BCUT2D eigenvalue weighted by molar-refractivity contribution is 5.50. The smallest absolute Gasteiger partial charge is 0.145 e. The van der Waals surface area contributed by atoms with Gasteiger partial charge < -0.3 is 9.53 Å². The third-order valence-electron chi connectivity index (χ3n) is 4.44. The standard InChI is InChI=1S/C12H18O2/c13-1-2-14-12-6-9-3-10(7-12)5-11(4-9)8-12/h1,9-11H,2-8H2. The quantitative estimate of drug-likeness (QED) is 0.644. The molecule has 0 saturated heterocycles. The zero-order valence-corrected chi connectivity index (χ0v) is 8.58. The summed E-state index contributed by atoms with van der Waals surface area (Å²) in [6.07, 6.45) is 8.89. The minimum atomic E-state index is 0.121. The lowest BCUT2D eigenvalue weighted by molar-refractivity contribution is -0.164. The number of rotatable bonds is 3. The molecular formula is C12H18O2. The number of hydrogen-bond acceptors (Lipinski definition) is 2. The van der Waals surface area contributed by atoms with Crippen LogP contribution >= 0.6 is 0 Å². The van der Waals surface area contributed by atoms with E-state index in [-0.39, 0.29) is 5.60 Å². The fraction of sp³-hybridized carbons (Fsp3) is 0.917. The Morgan fingerprint density at radius 3 is 2.00 bits per heavy atom. The van der Waals surface area contributed by atoms with Crippen molar-refractivity contribution >= 4 is 6.29 Å². The molecule has 0 unspecified atom stereocenters. The monoisotopic (exact) mass is 194 g/mol. The zero-order chi connectivity index (χ0) is 9.60. The zero-order valence-electron chi connectivity index (χ0n) is 8.58. The lowest BCUT2D eigenvalue weighted by Gasteiger charge is -2.56. The molecular weight excluding hydrogens is 176 g/mol. The highest BCUT2D eigenvalue weighted by Crippen LogP contribution is 2.56. The van der Waals surface area contributed by atoms with Gasteiger partial charge in [-0.25, -0.2) is 0 Å². The maximum atomic E-state index is 10.4. The van der Waals surface area contributed by atoms with Gasteiger partial charge in [0.15, 0.2) is 0 Å². The van der Waals surface area contributed by atoms with Crippen LogP contribution in [0.4, 0.5) is 0 Å². The molecule has 0 radical (unpaired) electrons. The lowest BCUT2D eigenvalue weighted by atomic mass is 9.54. The van der Waals surface area contributed by atoms with Gasteiger partial charge in [0, 0.05) is 0 Å². The summed E-state index contributed by atoms with van der Waals surface area (Å²) in [5.74, 6) is 2.73. The molecule has 0 aliphatic heterocycles. The molecule has 2 nitrogen and oxygen atoms in total. The second-order valence-corrected chi connectivity index (χ2v) is 5.58. The van der Waals surface area contributed by atoms with Crippen molar-refractivity contribution in [1.29, 1.82) is 0 Å². The Hall–Kier alpha value is -0.370. The Balaban J connectivity index is 1.77. The molecule has 0 spiro atoms. The predicted molar refractivity (Wildman–Crippen MR) is 52.9 cm³/mol. The molecule has 4 bridgehead atoms.